The summed E-state index contributed by atoms with van der Waals surface area (Å²) in [6.45, 7) is 5.81. The number of para-hydroxylation sites is 1. The Balaban J connectivity index is 1.92. The summed E-state index contributed by atoms with van der Waals surface area (Å²) < 4.78 is 64.4. The zero-order valence-electron chi connectivity index (χ0n) is 20.9. The van der Waals surface area contributed by atoms with Gasteiger partial charge in [-0.2, -0.15) is 13.2 Å². The molecule has 1 aliphatic rings. The number of benzene rings is 1. The van der Waals surface area contributed by atoms with Gasteiger partial charge in [-0.25, -0.2) is 0 Å². The fourth-order valence-electron chi connectivity index (χ4n) is 4.58. The Labute approximate surface area is 209 Å². The summed E-state index contributed by atoms with van der Waals surface area (Å²) in [5, 5.41) is 4.05. The van der Waals surface area contributed by atoms with E-state index in [4.69, 9.17) is 9.47 Å². The molecule has 0 saturated carbocycles. The molecule has 1 aromatic heterocycles. The molecule has 0 fully saturated rings. The molecular formula is C26H34F4N4O2. The normalized spacial score (nSPS) is 19.4. The summed E-state index contributed by atoms with van der Waals surface area (Å²) in [7, 11) is 2.99. The van der Waals surface area contributed by atoms with Crippen molar-refractivity contribution in [1.29, 1.82) is 0 Å². The highest BCUT2D eigenvalue weighted by Crippen LogP contribution is 2.43. The van der Waals surface area contributed by atoms with Crippen molar-refractivity contribution in [3.8, 4) is 0 Å². The summed E-state index contributed by atoms with van der Waals surface area (Å²) in [6, 6.07) is 6.52. The highest BCUT2D eigenvalue weighted by molar-refractivity contribution is 5.89. The van der Waals surface area contributed by atoms with Gasteiger partial charge in [0.1, 0.15) is 12.4 Å². The molecule has 0 spiro atoms. The summed E-state index contributed by atoms with van der Waals surface area (Å²) >= 11 is 0. The molecule has 0 aliphatic carbocycles. The molecule has 36 heavy (non-hydrogen) atoms. The Hall–Kier alpha value is -2.85. The third-order valence-corrected chi connectivity index (χ3v) is 6.24. The number of rotatable bonds is 11. The molecule has 0 radical (unpaired) electrons. The lowest BCUT2D eigenvalue weighted by Gasteiger charge is -2.42. The Kier molecular flexibility index (Phi) is 9.56. The van der Waals surface area contributed by atoms with E-state index in [0.29, 0.717) is 37.2 Å². The van der Waals surface area contributed by atoms with E-state index in [1.165, 1.54) is 18.1 Å². The third-order valence-electron chi connectivity index (χ3n) is 6.24. The van der Waals surface area contributed by atoms with Gasteiger partial charge in [0.15, 0.2) is 0 Å². The van der Waals surface area contributed by atoms with Crippen LogP contribution in [-0.2, 0) is 15.9 Å². The molecule has 1 aromatic carbocycles. The summed E-state index contributed by atoms with van der Waals surface area (Å²) in [6.07, 6.45) is -1.95. The van der Waals surface area contributed by atoms with Gasteiger partial charge >= 0.3 is 6.18 Å². The number of alkyl halides is 4. The number of hydrogen-bond acceptors (Lipinski definition) is 5. The molecule has 2 atom stereocenters. The van der Waals surface area contributed by atoms with Crippen molar-refractivity contribution >= 4 is 16.8 Å². The first kappa shape index (κ1) is 27.7. The van der Waals surface area contributed by atoms with Crippen molar-refractivity contribution in [3.05, 3.63) is 59.5 Å². The molecule has 3 rings (SSSR count). The predicted molar refractivity (Wildman–Crippen MR) is 134 cm³/mol. The quantitative estimate of drug-likeness (QED) is 0.110. The molecule has 1 aliphatic heterocycles. The number of aliphatic imine (C=N–C) groups is 1. The molecule has 0 saturated heterocycles. The van der Waals surface area contributed by atoms with E-state index in [1.807, 2.05) is 24.3 Å². The highest BCUT2D eigenvalue weighted by Gasteiger charge is 2.43. The largest absolute Gasteiger partial charge is 0.496 e. The Morgan fingerprint density at radius 3 is 2.72 bits per heavy atom. The number of fused-ring (bicyclic) bond motifs is 3. The summed E-state index contributed by atoms with van der Waals surface area (Å²) in [5.74, 6) is 0.528. The van der Waals surface area contributed by atoms with Gasteiger partial charge in [0.2, 0.25) is 5.90 Å². The van der Waals surface area contributed by atoms with Crippen molar-refractivity contribution in [2.24, 2.45) is 4.99 Å². The van der Waals surface area contributed by atoms with E-state index in [0.717, 1.165) is 16.5 Å². The van der Waals surface area contributed by atoms with Crippen molar-refractivity contribution in [2.75, 3.05) is 47.1 Å². The average molecular weight is 511 g/mol. The molecule has 2 aromatic rings. The van der Waals surface area contributed by atoms with Gasteiger partial charge in [-0.1, -0.05) is 24.8 Å². The van der Waals surface area contributed by atoms with Gasteiger partial charge in [0.05, 0.1) is 26.4 Å². The van der Waals surface area contributed by atoms with Gasteiger partial charge in [-0.3, -0.25) is 14.3 Å². The smallest absolute Gasteiger partial charge is 0.401 e. The van der Waals surface area contributed by atoms with E-state index < -0.39 is 18.8 Å². The molecule has 2 heterocycles. The van der Waals surface area contributed by atoms with Gasteiger partial charge in [-0.15, -0.1) is 0 Å². The molecule has 0 unspecified atom stereocenters. The van der Waals surface area contributed by atoms with Crippen LogP contribution < -0.4 is 5.32 Å². The molecule has 2 N–H and O–H groups in total. The highest BCUT2D eigenvalue weighted by atomic mass is 19.4. The first-order valence-corrected chi connectivity index (χ1v) is 11.9. The fourth-order valence-corrected chi connectivity index (χ4v) is 4.58. The van der Waals surface area contributed by atoms with Crippen LogP contribution in [0.2, 0.25) is 0 Å². The maximum atomic E-state index is 13.6. The topological polar surface area (TPSA) is 61.9 Å². The van der Waals surface area contributed by atoms with Gasteiger partial charge < -0.3 is 19.8 Å². The van der Waals surface area contributed by atoms with Gasteiger partial charge in [0.25, 0.3) is 0 Å². The number of halogens is 4. The van der Waals surface area contributed by atoms with Crippen molar-refractivity contribution in [1.82, 2.24) is 15.2 Å². The fraction of sp³-hybridized carbons (Fsp3) is 0.500. The molecule has 198 valence electrons. The number of aromatic nitrogens is 1. The van der Waals surface area contributed by atoms with Crippen LogP contribution in [0.3, 0.4) is 0 Å². The minimum atomic E-state index is -4.39. The molecular weight excluding hydrogens is 476 g/mol. The number of ether oxygens (including phenoxy) is 2. The van der Waals surface area contributed by atoms with Crippen LogP contribution in [0.15, 0.2) is 53.2 Å². The second-order valence-corrected chi connectivity index (χ2v) is 8.75. The van der Waals surface area contributed by atoms with Crippen molar-refractivity contribution in [3.63, 3.8) is 0 Å². The number of nitrogens with one attached hydrogen (secondary N) is 2. The lowest BCUT2D eigenvalue weighted by Crippen LogP contribution is -2.47. The average Bonchev–Trinajstić information content (AvgIpc) is 3.20. The van der Waals surface area contributed by atoms with E-state index >= 15 is 0 Å². The van der Waals surface area contributed by atoms with Crippen LogP contribution in [0.5, 0.6) is 0 Å². The van der Waals surface area contributed by atoms with Crippen LogP contribution in [0.25, 0.3) is 10.9 Å². The van der Waals surface area contributed by atoms with Crippen LogP contribution in [0, 0.1) is 0 Å². The predicted octanol–water partition coefficient (Wildman–Crippen LogP) is 5.10. The number of hydrogen-bond donors (Lipinski definition) is 2. The maximum Gasteiger partial charge on any atom is 0.401 e. The minimum absolute atomic E-state index is 0.253. The Morgan fingerprint density at radius 1 is 1.31 bits per heavy atom. The van der Waals surface area contributed by atoms with Crippen LogP contribution in [0.4, 0.5) is 17.6 Å². The van der Waals surface area contributed by atoms with Crippen molar-refractivity contribution in [2.45, 2.75) is 38.0 Å². The zero-order chi connectivity index (χ0) is 26.3. The molecule has 10 heteroatoms. The minimum Gasteiger partial charge on any atom is -0.496 e. The number of nitrogens with zero attached hydrogens (tertiary/aromatic N) is 2. The monoisotopic (exact) mass is 510 g/mol. The van der Waals surface area contributed by atoms with E-state index in [-0.39, 0.29) is 31.0 Å². The van der Waals surface area contributed by atoms with E-state index in [1.54, 1.807) is 14.0 Å². The summed E-state index contributed by atoms with van der Waals surface area (Å²) in [4.78, 5) is 8.86. The van der Waals surface area contributed by atoms with E-state index in [9.17, 15) is 17.6 Å². The van der Waals surface area contributed by atoms with E-state index in [2.05, 4.69) is 21.9 Å². The SMILES string of the molecule is C=C(/C(=C\C(=N/C)OCCNCCCF)OC)[C@@H]1c2[nH]c3ccccc3c2C[C@@H](C)N1CC(F)(F)F. The zero-order valence-corrected chi connectivity index (χ0v) is 20.9. The molecule has 0 amide bonds. The lowest BCUT2D eigenvalue weighted by atomic mass is 9.88. The third kappa shape index (κ3) is 6.67. The van der Waals surface area contributed by atoms with Gasteiger partial charge in [0, 0.05) is 47.9 Å². The van der Waals surface area contributed by atoms with Crippen molar-refractivity contribution < 1.29 is 27.0 Å². The Morgan fingerprint density at radius 2 is 2.06 bits per heavy atom. The number of H-pyrrole nitrogens is 1. The maximum absolute atomic E-state index is 13.6. The Bertz CT molecular complexity index is 1090. The second-order valence-electron chi connectivity index (χ2n) is 8.75. The van der Waals surface area contributed by atoms with Crippen LogP contribution in [0.1, 0.15) is 30.6 Å². The van der Waals surface area contributed by atoms with Crippen LogP contribution >= 0.6 is 0 Å². The summed E-state index contributed by atoms with van der Waals surface area (Å²) in [5.41, 5.74) is 2.90. The van der Waals surface area contributed by atoms with Crippen LogP contribution in [-0.4, -0.2) is 75.1 Å². The first-order chi connectivity index (χ1) is 17.2. The number of methoxy groups -OCH3 is 1. The molecule has 0 bridgehead atoms. The lowest BCUT2D eigenvalue weighted by molar-refractivity contribution is -0.155. The molecule has 6 nitrogen and oxygen atoms in total. The standard InChI is InChI=1S/C26H34F4N4O2/c1-17-14-20-19-8-5-6-9-21(19)33-24(20)25(34(17)16-26(28,29)30)18(2)22(35-4)15-23(31-3)36-13-12-32-11-7-10-27/h5-6,8-9,15,17,25,32-33H,2,7,10-14,16H2,1,3-4H3/b22-15+,31-23+/t17-,25-/m1/s1. The first-order valence-electron chi connectivity index (χ1n) is 11.9. The second kappa shape index (κ2) is 12.4. The number of aromatic amines is 1. The van der Waals surface area contributed by atoms with Gasteiger partial charge in [-0.05, 0) is 37.9 Å².